The molecule has 600 valence electrons. The Kier molecular flexibility index (Phi) is 44.6. The standard InChI is InChI=1S/C11H24N2.C10H22N2.C9H20N2.C9H19N.C8H18N2.C8H17NO.C8H17NS.C8H17N.C7H15N.C6H13N/c1-10(2)12-6-8-13(9-7-12)11(3,4)5;1-5-11-6-8-12(9-7-11)10(2,3)4;1-9(2,3)11-7-5-10(4)6-8-11;1-9(2,3)10-7-5-4-6-8-10;1-8(2,3)10-6-4-9-5-7-10;2*1-8(2,3)9-4-6-10-7-5-9;1-8(2,3)9-6-4-5-7-9;1-7(2,3)8-5-4-6-8;1-6(2,3)7-4-5-7/h10H,6-9H2,1-5H3;5-9H2,1-4H3;5-8H2,1-4H3;4-8H2,1-3H3;9H,4-7H2,1-3H3;2*4-7H2,1-3H3;4-7H2,1-3H3;4-6H2,1-3H3;4-5H2,1-3H3. The summed E-state index contributed by atoms with van der Waals surface area (Å²) in [5.74, 6) is 2.63. The number of piperidine rings is 1. The molecule has 1 N–H and O–H groups in total. The normalized spacial score (nSPS) is 23.1. The van der Waals surface area contributed by atoms with Crippen LogP contribution in [0.25, 0.3) is 0 Å². The summed E-state index contributed by atoms with van der Waals surface area (Å²) in [5, 5.41) is 3.35. The number of ether oxygens (including phenoxy) is 1. The molecule has 15 nitrogen and oxygen atoms in total. The molecule has 0 amide bonds. The fourth-order valence-corrected chi connectivity index (χ4v) is 14.5. The maximum absolute atomic E-state index is 5.25. The first kappa shape index (κ1) is 97.8. The molecule has 10 rings (SSSR count). The van der Waals surface area contributed by atoms with E-state index in [-0.39, 0.29) is 0 Å². The lowest BCUT2D eigenvalue weighted by atomic mass is 10.0. The van der Waals surface area contributed by atoms with Crippen molar-refractivity contribution < 1.29 is 4.74 Å². The van der Waals surface area contributed by atoms with Crippen LogP contribution in [0, 0.1) is 0 Å². The topological polar surface area (TPSA) is 63.2 Å². The lowest BCUT2D eigenvalue weighted by Gasteiger charge is -2.43. The Morgan fingerprint density at radius 3 is 0.750 bits per heavy atom. The van der Waals surface area contributed by atoms with Crippen LogP contribution in [0.1, 0.15) is 267 Å². The number of hydrogen-bond donors (Lipinski definition) is 1. The molecule has 10 saturated heterocycles. The molecule has 0 radical (unpaired) electrons. The van der Waals surface area contributed by atoms with Gasteiger partial charge in [0.1, 0.15) is 0 Å². The highest BCUT2D eigenvalue weighted by Crippen LogP contribution is 2.25. The molecule has 0 spiro atoms. The lowest BCUT2D eigenvalue weighted by Crippen LogP contribution is -2.54. The summed E-state index contributed by atoms with van der Waals surface area (Å²) in [6.45, 7) is 113. The number of thioether (sulfide) groups is 1. The van der Waals surface area contributed by atoms with Crippen molar-refractivity contribution in [2.75, 3.05) is 222 Å². The summed E-state index contributed by atoms with van der Waals surface area (Å²) in [6.07, 6.45) is 8.44. The Balaban J connectivity index is 0.000000557. The Morgan fingerprint density at radius 2 is 0.520 bits per heavy atom. The summed E-state index contributed by atoms with van der Waals surface area (Å²) in [6, 6.07) is 0.710. The van der Waals surface area contributed by atoms with E-state index in [4.69, 9.17) is 4.74 Å². The minimum atomic E-state index is 0.323. The molecule has 10 heterocycles. The third-order valence-corrected chi connectivity index (χ3v) is 22.7. The van der Waals surface area contributed by atoms with Crippen molar-refractivity contribution >= 4 is 11.8 Å². The van der Waals surface area contributed by atoms with Crippen LogP contribution in [-0.2, 0) is 4.74 Å². The van der Waals surface area contributed by atoms with Gasteiger partial charge in [-0.15, -0.1) is 0 Å². The van der Waals surface area contributed by atoms with E-state index in [9.17, 15) is 0 Å². The van der Waals surface area contributed by atoms with Gasteiger partial charge in [-0.25, -0.2) is 0 Å². The molecule has 10 fully saturated rings. The SMILES string of the molecule is CC(C)(C)N1CC1.CC(C)(C)N1CCC1.CC(C)(C)N1CCCC1.CC(C)(C)N1CCCCC1.CC(C)(C)N1CCNCC1.CC(C)(C)N1CCOCC1.CC(C)(C)N1CCSCC1.CC(C)N1CCN(C(C)(C)C)CC1.CCN1CCN(C(C)(C)C)CC1.CN1CCN(C(C)(C)C)CC1. The lowest BCUT2D eigenvalue weighted by molar-refractivity contribution is -0.00389. The minimum absolute atomic E-state index is 0.323. The van der Waals surface area contributed by atoms with Gasteiger partial charge in [-0.05, 0) is 307 Å². The van der Waals surface area contributed by atoms with Crippen LogP contribution in [0.3, 0.4) is 0 Å². The van der Waals surface area contributed by atoms with Crippen LogP contribution in [0.15, 0.2) is 0 Å². The Bertz CT molecular complexity index is 1870. The first-order valence-electron chi connectivity index (χ1n) is 41.2. The Hall–Kier alpha value is -0.250. The van der Waals surface area contributed by atoms with Gasteiger partial charge in [0.25, 0.3) is 0 Å². The number of rotatable bonds is 2. The van der Waals surface area contributed by atoms with E-state index in [0.29, 0.717) is 61.4 Å². The molecule has 0 bridgehead atoms. The number of likely N-dealkylation sites (tertiary alicyclic amines) is 3. The molecule has 0 aromatic carbocycles. The van der Waals surface area contributed by atoms with Crippen molar-refractivity contribution in [1.29, 1.82) is 0 Å². The molecule has 0 aromatic rings. The summed E-state index contributed by atoms with van der Waals surface area (Å²) in [4.78, 5) is 32.7. The molecular weight excluding hydrogens is 1250 g/mol. The minimum Gasteiger partial charge on any atom is -0.379 e. The van der Waals surface area contributed by atoms with Crippen LogP contribution in [-0.4, -0.2) is 347 Å². The van der Waals surface area contributed by atoms with Gasteiger partial charge in [-0.1, -0.05) is 13.3 Å². The molecule has 10 aliphatic rings. The van der Waals surface area contributed by atoms with E-state index in [1.165, 1.54) is 214 Å². The molecule has 0 saturated carbocycles. The third-order valence-electron chi connectivity index (χ3n) is 21.8. The van der Waals surface area contributed by atoms with Crippen molar-refractivity contribution in [2.24, 2.45) is 0 Å². The Labute approximate surface area is 632 Å². The first-order valence-corrected chi connectivity index (χ1v) is 42.4. The van der Waals surface area contributed by atoms with Crippen molar-refractivity contribution in [3.63, 3.8) is 0 Å². The summed E-state index contributed by atoms with van der Waals surface area (Å²) >= 11 is 2.07. The quantitative estimate of drug-likeness (QED) is 0.267. The molecular formula is C84H182N14OS. The molecule has 16 heteroatoms. The second-order valence-electron chi connectivity index (χ2n) is 40.5. The highest BCUT2D eigenvalue weighted by atomic mass is 32.2. The largest absolute Gasteiger partial charge is 0.379 e. The van der Waals surface area contributed by atoms with Crippen molar-refractivity contribution in [3.8, 4) is 0 Å². The predicted octanol–water partition coefficient (Wildman–Crippen LogP) is 14.6. The van der Waals surface area contributed by atoms with Gasteiger partial charge in [0.15, 0.2) is 0 Å². The number of nitrogens with zero attached hydrogens (tertiary/aromatic N) is 13. The number of nitrogens with one attached hydrogen (secondary N) is 1. The van der Waals surface area contributed by atoms with Gasteiger partial charge in [-0.3, -0.25) is 53.9 Å². The third kappa shape index (κ3) is 44.3. The average Bonchev–Trinajstić information content (AvgIpc) is 1.56. The van der Waals surface area contributed by atoms with Crippen LogP contribution in [0.2, 0.25) is 0 Å². The molecule has 10 aliphatic heterocycles. The van der Waals surface area contributed by atoms with Gasteiger partial charge in [0, 0.05) is 217 Å². The second-order valence-corrected chi connectivity index (χ2v) is 41.8. The monoisotopic (exact) mass is 1440 g/mol. The number of morpholine rings is 1. The van der Waals surface area contributed by atoms with E-state index in [2.05, 4.69) is 316 Å². The van der Waals surface area contributed by atoms with E-state index >= 15 is 0 Å². The van der Waals surface area contributed by atoms with Gasteiger partial charge >= 0.3 is 0 Å². The summed E-state index contributed by atoms with van der Waals surface area (Å²) in [7, 11) is 2.19. The highest BCUT2D eigenvalue weighted by Gasteiger charge is 2.32. The van der Waals surface area contributed by atoms with Crippen LogP contribution < -0.4 is 5.32 Å². The van der Waals surface area contributed by atoms with E-state index in [1.54, 1.807) is 0 Å². The van der Waals surface area contributed by atoms with Gasteiger partial charge in [-0.2, -0.15) is 11.8 Å². The van der Waals surface area contributed by atoms with E-state index in [1.807, 2.05) is 0 Å². The number of piperazine rings is 4. The highest BCUT2D eigenvalue weighted by molar-refractivity contribution is 7.99. The number of likely N-dealkylation sites (N-methyl/N-ethyl adjacent to an activating group) is 2. The summed E-state index contributed by atoms with van der Waals surface area (Å²) in [5.41, 5.74) is 3.84. The molecule has 0 unspecified atom stereocenters. The molecule has 0 aliphatic carbocycles. The second kappa shape index (κ2) is 45.7. The van der Waals surface area contributed by atoms with Crippen LogP contribution in [0.5, 0.6) is 0 Å². The first-order chi connectivity index (χ1) is 45.7. The average molecular weight is 1440 g/mol. The predicted molar refractivity (Wildman–Crippen MR) is 448 cm³/mol. The molecule has 100 heavy (non-hydrogen) atoms. The van der Waals surface area contributed by atoms with Crippen molar-refractivity contribution in [1.82, 2.24) is 69.0 Å². The summed E-state index contributed by atoms with van der Waals surface area (Å²) < 4.78 is 5.25. The van der Waals surface area contributed by atoms with E-state index in [0.717, 1.165) is 39.4 Å². The maximum atomic E-state index is 5.25. The Morgan fingerprint density at radius 1 is 0.280 bits per heavy atom. The van der Waals surface area contributed by atoms with E-state index < -0.39 is 0 Å². The van der Waals surface area contributed by atoms with Gasteiger partial charge in [0.05, 0.1) is 13.2 Å². The number of hydrogen-bond acceptors (Lipinski definition) is 16. The van der Waals surface area contributed by atoms with Crippen LogP contribution >= 0.6 is 11.8 Å². The fraction of sp³-hybridized carbons (Fsp3) is 1.00. The van der Waals surface area contributed by atoms with Crippen LogP contribution in [0.4, 0.5) is 0 Å². The zero-order valence-electron chi connectivity index (χ0n) is 74.3. The maximum Gasteiger partial charge on any atom is 0.0594 e. The molecule has 0 atom stereocenters. The zero-order chi connectivity index (χ0) is 76.8. The van der Waals surface area contributed by atoms with Crippen molar-refractivity contribution in [2.45, 2.75) is 328 Å². The van der Waals surface area contributed by atoms with Gasteiger partial charge < -0.3 is 19.9 Å². The fourth-order valence-electron chi connectivity index (χ4n) is 13.6. The molecule has 0 aromatic heterocycles. The zero-order valence-corrected chi connectivity index (χ0v) is 75.1. The van der Waals surface area contributed by atoms with Gasteiger partial charge in [0.2, 0.25) is 0 Å². The smallest absolute Gasteiger partial charge is 0.0594 e. The van der Waals surface area contributed by atoms with Crippen molar-refractivity contribution in [3.05, 3.63) is 0 Å².